The lowest BCUT2D eigenvalue weighted by Gasteiger charge is -2.30. The molecule has 22 heavy (non-hydrogen) atoms. The van der Waals surface area contributed by atoms with Gasteiger partial charge in [-0.3, -0.25) is 19.6 Å². The first-order valence-electron chi connectivity index (χ1n) is 7.10. The second kappa shape index (κ2) is 5.05. The first-order chi connectivity index (χ1) is 10.4. The molecule has 0 saturated heterocycles. The van der Waals surface area contributed by atoms with E-state index in [1.54, 1.807) is 18.3 Å². The second-order valence-electron chi connectivity index (χ2n) is 5.87. The quantitative estimate of drug-likeness (QED) is 0.880. The largest absolute Gasteiger partial charge is 0.481 e. The first kappa shape index (κ1) is 14.4. The van der Waals surface area contributed by atoms with Crippen molar-refractivity contribution >= 4 is 17.7 Å². The zero-order valence-electron chi connectivity index (χ0n) is 12.1. The number of carbonyl (C=O) groups is 2. The van der Waals surface area contributed by atoms with Crippen molar-refractivity contribution < 1.29 is 19.8 Å². The molecular weight excluding hydrogens is 284 g/mol. The van der Waals surface area contributed by atoms with Gasteiger partial charge >= 0.3 is 11.9 Å². The van der Waals surface area contributed by atoms with Gasteiger partial charge in [0.1, 0.15) is 0 Å². The van der Waals surface area contributed by atoms with Gasteiger partial charge in [-0.05, 0) is 23.1 Å². The fourth-order valence-electron chi connectivity index (χ4n) is 3.41. The maximum Gasteiger partial charge on any atom is 0.304 e. The molecule has 0 spiro atoms. The molecule has 1 aliphatic carbocycles. The van der Waals surface area contributed by atoms with E-state index < -0.39 is 17.4 Å². The van der Waals surface area contributed by atoms with Crippen molar-refractivity contribution in [1.82, 2.24) is 4.98 Å². The van der Waals surface area contributed by atoms with Crippen LogP contribution in [0.15, 0.2) is 35.0 Å². The van der Waals surface area contributed by atoms with Crippen molar-refractivity contribution in [3.8, 4) is 0 Å². The molecule has 1 unspecified atom stereocenters. The average molecular weight is 300 g/mol. The number of fused-ring (bicyclic) bond motifs is 3. The Balaban J connectivity index is 2.27. The molecule has 0 amide bonds. The summed E-state index contributed by atoms with van der Waals surface area (Å²) < 4.78 is 0. The third-order valence-electron chi connectivity index (χ3n) is 4.21. The zero-order chi connectivity index (χ0) is 15.9. The summed E-state index contributed by atoms with van der Waals surface area (Å²) in [4.78, 5) is 31.7. The number of rotatable bonds is 4. The third kappa shape index (κ3) is 2.11. The van der Waals surface area contributed by atoms with E-state index in [4.69, 9.17) is 0 Å². The Hall–Kier alpha value is -2.50. The predicted octanol–water partition coefficient (Wildman–Crippen LogP) is 1.65. The van der Waals surface area contributed by atoms with Crippen LogP contribution < -0.4 is 0 Å². The van der Waals surface area contributed by atoms with E-state index in [9.17, 15) is 19.8 Å². The number of carboxylic acids is 2. The SMILES string of the molecule is CC1C=C2C(=NC1)c1ncccc1C2(CC(=O)O)CC(=O)O. The van der Waals surface area contributed by atoms with Gasteiger partial charge in [-0.2, -0.15) is 0 Å². The summed E-state index contributed by atoms with van der Waals surface area (Å²) in [6.45, 7) is 2.58. The maximum atomic E-state index is 11.4. The summed E-state index contributed by atoms with van der Waals surface area (Å²) in [5.41, 5.74) is 1.53. The molecule has 0 fully saturated rings. The van der Waals surface area contributed by atoms with Crippen molar-refractivity contribution in [2.75, 3.05) is 6.54 Å². The Labute approximate surface area is 127 Å². The molecule has 0 saturated carbocycles. The van der Waals surface area contributed by atoms with Gasteiger partial charge in [-0.1, -0.05) is 19.1 Å². The lowest BCUT2D eigenvalue weighted by Crippen LogP contribution is -2.34. The Morgan fingerprint density at radius 2 is 2.00 bits per heavy atom. The minimum atomic E-state index is -1.09. The van der Waals surface area contributed by atoms with E-state index in [1.165, 1.54) is 0 Å². The van der Waals surface area contributed by atoms with E-state index in [0.717, 1.165) is 0 Å². The Morgan fingerprint density at radius 3 is 2.64 bits per heavy atom. The van der Waals surface area contributed by atoms with E-state index in [1.807, 2.05) is 13.0 Å². The van der Waals surface area contributed by atoms with Crippen molar-refractivity contribution in [2.45, 2.75) is 25.2 Å². The van der Waals surface area contributed by atoms with Crippen LogP contribution in [-0.4, -0.2) is 39.4 Å². The Bertz CT molecular complexity index is 705. The van der Waals surface area contributed by atoms with Crippen LogP contribution >= 0.6 is 0 Å². The van der Waals surface area contributed by atoms with Gasteiger partial charge in [-0.25, -0.2) is 0 Å². The molecule has 114 valence electrons. The van der Waals surface area contributed by atoms with E-state index in [-0.39, 0.29) is 18.8 Å². The minimum absolute atomic E-state index is 0.148. The highest BCUT2D eigenvalue weighted by atomic mass is 16.4. The fourth-order valence-corrected chi connectivity index (χ4v) is 3.41. The fraction of sp³-hybridized carbons (Fsp3) is 0.375. The lowest BCUT2D eigenvalue weighted by atomic mass is 9.72. The molecule has 2 N–H and O–H groups in total. The van der Waals surface area contributed by atoms with Crippen LogP contribution in [0.5, 0.6) is 0 Å². The molecule has 0 radical (unpaired) electrons. The Kier molecular flexibility index (Phi) is 3.31. The van der Waals surface area contributed by atoms with Crippen LogP contribution in [0.2, 0.25) is 0 Å². The van der Waals surface area contributed by atoms with Gasteiger partial charge in [0, 0.05) is 18.2 Å². The molecular formula is C16H16N2O4. The van der Waals surface area contributed by atoms with Gasteiger partial charge in [0.05, 0.1) is 24.2 Å². The number of nitrogens with zero attached hydrogens (tertiary/aromatic N) is 2. The molecule has 2 heterocycles. The van der Waals surface area contributed by atoms with Crippen LogP contribution in [-0.2, 0) is 15.0 Å². The van der Waals surface area contributed by atoms with Gasteiger partial charge in [0.2, 0.25) is 0 Å². The molecule has 6 nitrogen and oxygen atoms in total. The molecule has 2 aliphatic rings. The number of aliphatic carboxylic acids is 2. The smallest absolute Gasteiger partial charge is 0.304 e. The number of hydrogen-bond donors (Lipinski definition) is 2. The van der Waals surface area contributed by atoms with Crippen molar-refractivity contribution in [1.29, 1.82) is 0 Å². The summed E-state index contributed by atoms with van der Waals surface area (Å²) in [5.74, 6) is -1.91. The summed E-state index contributed by atoms with van der Waals surface area (Å²) in [7, 11) is 0. The number of aliphatic imine (C=N–C) groups is 1. The number of carboxylic acid groups (broad SMARTS) is 2. The zero-order valence-corrected chi connectivity index (χ0v) is 12.1. The molecule has 3 rings (SSSR count). The topological polar surface area (TPSA) is 99.9 Å². The lowest BCUT2D eigenvalue weighted by molar-refractivity contribution is -0.140. The molecule has 0 aromatic carbocycles. The van der Waals surface area contributed by atoms with Crippen LogP contribution in [0.1, 0.15) is 31.0 Å². The van der Waals surface area contributed by atoms with Crippen molar-refractivity contribution in [3.63, 3.8) is 0 Å². The third-order valence-corrected chi connectivity index (χ3v) is 4.21. The highest BCUT2D eigenvalue weighted by molar-refractivity contribution is 6.19. The second-order valence-corrected chi connectivity index (χ2v) is 5.87. The summed E-state index contributed by atoms with van der Waals surface area (Å²) in [6.07, 6.45) is 3.01. The standard InChI is InChI=1S/C16H16N2O4/c1-9-5-11-15(18-8-9)14-10(3-2-4-17-14)16(11,6-12(19)20)7-13(21)22/h2-5,9H,6-8H2,1H3,(H,19,20)(H,21,22). The summed E-state index contributed by atoms with van der Waals surface area (Å²) >= 11 is 0. The van der Waals surface area contributed by atoms with Crippen LogP contribution in [0.4, 0.5) is 0 Å². The molecule has 1 aromatic rings. The van der Waals surface area contributed by atoms with Crippen LogP contribution in [0.25, 0.3) is 0 Å². The first-order valence-corrected chi connectivity index (χ1v) is 7.10. The predicted molar refractivity (Wildman–Crippen MR) is 79.1 cm³/mol. The van der Waals surface area contributed by atoms with Crippen LogP contribution in [0.3, 0.4) is 0 Å². The van der Waals surface area contributed by atoms with Crippen molar-refractivity contribution in [3.05, 3.63) is 41.2 Å². The normalized spacial score (nSPS) is 21.4. The van der Waals surface area contributed by atoms with E-state index in [0.29, 0.717) is 29.1 Å². The molecule has 0 bridgehead atoms. The monoisotopic (exact) mass is 300 g/mol. The van der Waals surface area contributed by atoms with Gasteiger partial charge < -0.3 is 10.2 Å². The Morgan fingerprint density at radius 1 is 1.32 bits per heavy atom. The number of allylic oxidation sites excluding steroid dienone is 1. The minimum Gasteiger partial charge on any atom is -0.481 e. The average Bonchev–Trinajstić information content (AvgIpc) is 2.68. The number of hydrogen-bond acceptors (Lipinski definition) is 4. The van der Waals surface area contributed by atoms with Gasteiger partial charge in [-0.15, -0.1) is 0 Å². The maximum absolute atomic E-state index is 11.4. The van der Waals surface area contributed by atoms with E-state index in [2.05, 4.69) is 9.98 Å². The summed E-state index contributed by atoms with van der Waals surface area (Å²) in [5, 5.41) is 18.7. The number of dihydropyridines is 1. The number of pyridine rings is 1. The number of aromatic nitrogens is 1. The molecule has 1 aromatic heterocycles. The molecule has 1 aliphatic heterocycles. The van der Waals surface area contributed by atoms with Crippen molar-refractivity contribution in [2.24, 2.45) is 10.9 Å². The van der Waals surface area contributed by atoms with Gasteiger partial charge in [0.15, 0.2) is 0 Å². The highest BCUT2D eigenvalue weighted by Crippen LogP contribution is 2.49. The van der Waals surface area contributed by atoms with Crippen LogP contribution in [0, 0.1) is 5.92 Å². The highest BCUT2D eigenvalue weighted by Gasteiger charge is 2.50. The molecule has 6 heteroatoms. The molecule has 1 atom stereocenters. The van der Waals surface area contributed by atoms with E-state index >= 15 is 0 Å². The van der Waals surface area contributed by atoms with Gasteiger partial charge in [0.25, 0.3) is 0 Å². The summed E-state index contributed by atoms with van der Waals surface area (Å²) in [6, 6.07) is 3.47.